The van der Waals surface area contributed by atoms with Gasteiger partial charge in [0.25, 0.3) is 0 Å². The number of aromatic nitrogens is 3. The number of nitrogen functional groups attached to an aromatic ring is 1. The quantitative estimate of drug-likeness (QED) is 0.744. The normalized spacial score (nSPS) is 32.8. The molecule has 1 aliphatic carbocycles. The summed E-state index contributed by atoms with van der Waals surface area (Å²) in [5.74, 6) is -0.903. The molecule has 2 aromatic rings. The molecule has 0 unspecified atom stereocenters. The Morgan fingerprint density at radius 2 is 2.17 bits per heavy atom. The van der Waals surface area contributed by atoms with Crippen molar-refractivity contribution in [2.24, 2.45) is 5.92 Å². The summed E-state index contributed by atoms with van der Waals surface area (Å²) in [6.07, 6.45) is 1.04. The largest absolute Gasteiger partial charge is 0.463 e. The Hall–Kier alpha value is -2.74. The zero-order valence-electron chi connectivity index (χ0n) is 16.1. The fourth-order valence-electron chi connectivity index (χ4n) is 4.07. The summed E-state index contributed by atoms with van der Waals surface area (Å²) in [4.78, 5) is 16.0. The van der Waals surface area contributed by atoms with Crippen LogP contribution in [0.25, 0.3) is 5.52 Å². The zero-order chi connectivity index (χ0) is 20.4. The van der Waals surface area contributed by atoms with E-state index in [0.717, 1.165) is 12.8 Å². The third-order valence-electron chi connectivity index (χ3n) is 5.56. The molecule has 4 heterocycles. The summed E-state index contributed by atoms with van der Waals surface area (Å²) < 4.78 is 25.3. The van der Waals surface area contributed by atoms with Crippen LogP contribution >= 0.6 is 0 Å². The SMILES string of the molecule is CC1(C)O[C@H]2[C@@H](O1)[C@](C#N)(c1ccc3c(N)ncnn13)O[C@@H]2COC(=O)C1CC1. The summed E-state index contributed by atoms with van der Waals surface area (Å²) in [6.45, 7) is 3.54. The second kappa shape index (κ2) is 6.13. The Morgan fingerprint density at radius 3 is 2.90 bits per heavy atom. The molecule has 2 aliphatic heterocycles. The van der Waals surface area contributed by atoms with Crippen molar-refractivity contribution >= 4 is 17.3 Å². The van der Waals surface area contributed by atoms with E-state index in [1.807, 2.05) is 0 Å². The molecule has 10 nitrogen and oxygen atoms in total. The molecule has 152 valence electrons. The number of nitriles is 1. The number of hydrogen-bond donors (Lipinski definition) is 1. The number of carbonyl (C=O) groups is 1. The van der Waals surface area contributed by atoms with Crippen molar-refractivity contribution in [3.8, 4) is 6.07 Å². The van der Waals surface area contributed by atoms with Crippen molar-refractivity contribution < 1.29 is 23.7 Å². The van der Waals surface area contributed by atoms with Crippen LogP contribution < -0.4 is 5.73 Å². The zero-order valence-corrected chi connectivity index (χ0v) is 16.1. The minimum atomic E-state index is -1.51. The minimum absolute atomic E-state index is 0.0141. The molecule has 3 aliphatic rings. The maximum absolute atomic E-state index is 12.0. The lowest BCUT2D eigenvalue weighted by Gasteiger charge is -2.28. The molecule has 1 saturated carbocycles. The first kappa shape index (κ1) is 18.3. The molecule has 10 heteroatoms. The van der Waals surface area contributed by atoms with Crippen molar-refractivity contribution in [3.63, 3.8) is 0 Å². The number of ether oxygens (including phenoxy) is 4. The van der Waals surface area contributed by atoms with Crippen LogP contribution in [-0.2, 0) is 29.3 Å². The summed E-state index contributed by atoms with van der Waals surface area (Å²) >= 11 is 0. The van der Waals surface area contributed by atoms with Crippen LogP contribution in [0.5, 0.6) is 0 Å². The molecule has 4 atom stereocenters. The van der Waals surface area contributed by atoms with Gasteiger partial charge in [-0.3, -0.25) is 4.79 Å². The molecule has 2 saturated heterocycles. The van der Waals surface area contributed by atoms with E-state index in [1.54, 1.807) is 26.0 Å². The van der Waals surface area contributed by atoms with E-state index in [9.17, 15) is 10.1 Å². The van der Waals surface area contributed by atoms with E-state index >= 15 is 0 Å². The smallest absolute Gasteiger partial charge is 0.309 e. The molecule has 0 radical (unpaired) electrons. The molecule has 0 bridgehead atoms. The number of nitrogens with zero attached hydrogens (tertiary/aromatic N) is 4. The van der Waals surface area contributed by atoms with Crippen LogP contribution in [0.4, 0.5) is 5.82 Å². The van der Waals surface area contributed by atoms with Gasteiger partial charge < -0.3 is 24.7 Å². The lowest BCUT2D eigenvalue weighted by Crippen LogP contribution is -2.40. The maximum Gasteiger partial charge on any atom is 0.309 e. The lowest BCUT2D eigenvalue weighted by molar-refractivity contribution is -0.207. The summed E-state index contributed by atoms with van der Waals surface area (Å²) in [5, 5.41) is 14.5. The van der Waals surface area contributed by atoms with Crippen molar-refractivity contribution in [1.82, 2.24) is 14.6 Å². The predicted octanol–water partition coefficient (Wildman–Crippen LogP) is 0.902. The molecule has 5 rings (SSSR count). The van der Waals surface area contributed by atoms with Crippen molar-refractivity contribution in [2.75, 3.05) is 12.3 Å². The van der Waals surface area contributed by atoms with E-state index < -0.39 is 29.7 Å². The summed E-state index contributed by atoms with van der Waals surface area (Å²) in [5.41, 5.74) is 5.43. The van der Waals surface area contributed by atoms with E-state index in [0.29, 0.717) is 11.2 Å². The van der Waals surface area contributed by atoms with Gasteiger partial charge >= 0.3 is 5.97 Å². The number of carbonyl (C=O) groups excluding carboxylic acids is 1. The molecular weight excluding hydrogens is 378 g/mol. The highest BCUT2D eigenvalue weighted by Crippen LogP contribution is 2.49. The van der Waals surface area contributed by atoms with Gasteiger partial charge in [-0.25, -0.2) is 9.50 Å². The van der Waals surface area contributed by atoms with Gasteiger partial charge in [0, 0.05) is 0 Å². The summed E-state index contributed by atoms with van der Waals surface area (Å²) in [7, 11) is 0. The monoisotopic (exact) mass is 399 g/mol. The van der Waals surface area contributed by atoms with Gasteiger partial charge in [0.15, 0.2) is 11.6 Å². The molecule has 2 N–H and O–H groups in total. The Balaban J connectivity index is 1.53. The molecule has 0 amide bonds. The van der Waals surface area contributed by atoms with E-state index in [4.69, 9.17) is 24.7 Å². The lowest BCUT2D eigenvalue weighted by atomic mass is 9.92. The topological polar surface area (TPSA) is 134 Å². The third-order valence-corrected chi connectivity index (χ3v) is 5.56. The van der Waals surface area contributed by atoms with Gasteiger partial charge in [0.05, 0.1) is 11.6 Å². The van der Waals surface area contributed by atoms with Gasteiger partial charge in [-0.1, -0.05) is 0 Å². The van der Waals surface area contributed by atoms with Crippen LogP contribution in [0.1, 0.15) is 32.4 Å². The van der Waals surface area contributed by atoms with E-state index in [-0.39, 0.29) is 24.3 Å². The van der Waals surface area contributed by atoms with Crippen molar-refractivity contribution in [2.45, 2.75) is 56.4 Å². The van der Waals surface area contributed by atoms with Gasteiger partial charge in [-0.2, -0.15) is 10.4 Å². The first-order chi connectivity index (χ1) is 13.8. The molecule has 3 fully saturated rings. The number of fused-ring (bicyclic) bond motifs is 2. The number of rotatable bonds is 4. The highest BCUT2D eigenvalue weighted by molar-refractivity contribution is 5.74. The van der Waals surface area contributed by atoms with Crippen molar-refractivity contribution in [1.29, 1.82) is 5.26 Å². The average molecular weight is 399 g/mol. The minimum Gasteiger partial charge on any atom is -0.463 e. The Morgan fingerprint density at radius 1 is 1.38 bits per heavy atom. The number of esters is 1. The van der Waals surface area contributed by atoms with Crippen LogP contribution in [0, 0.1) is 17.2 Å². The fraction of sp³-hybridized carbons (Fsp3) is 0.579. The molecule has 29 heavy (non-hydrogen) atoms. The van der Waals surface area contributed by atoms with E-state index in [1.165, 1.54) is 10.8 Å². The second-order valence-corrected chi connectivity index (χ2v) is 8.09. The van der Waals surface area contributed by atoms with Gasteiger partial charge in [-0.15, -0.1) is 0 Å². The summed E-state index contributed by atoms with van der Waals surface area (Å²) in [6, 6.07) is 5.71. The number of anilines is 1. The second-order valence-electron chi connectivity index (χ2n) is 8.09. The number of nitrogens with two attached hydrogens (primary N) is 1. The highest BCUT2D eigenvalue weighted by atomic mass is 16.8. The van der Waals surface area contributed by atoms with E-state index in [2.05, 4.69) is 16.2 Å². The highest BCUT2D eigenvalue weighted by Gasteiger charge is 2.65. The third kappa shape index (κ3) is 2.77. The van der Waals surface area contributed by atoms with Gasteiger partial charge in [-0.05, 0) is 38.8 Å². The van der Waals surface area contributed by atoms with Crippen LogP contribution in [-0.4, -0.2) is 51.3 Å². The van der Waals surface area contributed by atoms with Gasteiger partial charge in [0.2, 0.25) is 5.60 Å². The first-order valence-corrected chi connectivity index (χ1v) is 9.55. The first-order valence-electron chi connectivity index (χ1n) is 9.55. The fourth-order valence-corrected chi connectivity index (χ4v) is 4.07. The Bertz CT molecular complexity index is 1030. The number of hydrogen-bond acceptors (Lipinski definition) is 9. The van der Waals surface area contributed by atoms with Crippen LogP contribution in [0.15, 0.2) is 18.5 Å². The standard InChI is InChI=1S/C19H21N5O5/c1-18(2)28-14-12(7-26-17(25)10-3-4-10)27-19(8-20,15(14)29-18)13-6-5-11-16(21)22-9-23-24(11)13/h5-6,9-10,12,14-15H,3-4,7H2,1-2H3,(H2,21,22,23)/t12-,14-,15-,19+/m1/s1. The van der Waals surface area contributed by atoms with Crippen LogP contribution in [0.3, 0.4) is 0 Å². The average Bonchev–Trinajstić information content (AvgIpc) is 3.28. The van der Waals surface area contributed by atoms with Crippen molar-refractivity contribution in [3.05, 3.63) is 24.2 Å². The predicted molar refractivity (Wildman–Crippen MR) is 97.1 cm³/mol. The molecule has 2 aromatic heterocycles. The van der Waals surface area contributed by atoms with Crippen LogP contribution in [0.2, 0.25) is 0 Å². The Labute approximate surface area is 166 Å². The van der Waals surface area contributed by atoms with Gasteiger partial charge in [0.1, 0.15) is 42.8 Å². The molecular formula is C19H21N5O5. The Kier molecular flexibility index (Phi) is 3.87. The molecule has 0 aromatic carbocycles. The maximum atomic E-state index is 12.0. The molecule has 0 spiro atoms.